The summed E-state index contributed by atoms with van der Waals surface area (Å²) >= 11 is 1.46. The maximum atomic E-state index is 13.4. The fourth-order valence-corrected chi connectivity index (χ4v) is 3.93. The Hall–Kier alpha value is -3.26. The lowest BCUT2D eigenvalue weighted by Gasteiger charge is -2.20. The van der Waals surface area contributed by atoms with E-state index in [2.05, 4.69) is 15.1 Å². The van der Waals surface area contributed by atoms with E-state index >= 15 is 0 Å². The van der Waals surface area contributed by atoms with Gasteiger partial charge in [-0.15, -0.1) is 0 Å². The van der Waals surface area contributed by atoms with Crippen molar-refractivity contribution in [2.75, 3.05) is 12.0 Å². The van der Waals surface area contributed by atoms with E-state index in [0.29, 0.717) is 23.9 Å². The summed E-state index contributed by atoms with van der Waals surface area (Å²) in [6.07, 6.45) is 5.11. The van der Waals surface area contributed by atoms with Crippen molar-refractivity contribution in [3.05, 3.63) is 66.2 Å². The largest absolute Gasteiger partial charge is 0.497 e. The summed E-state index contributed by atoms with van der Waals surface area (Å²) in [4.78, 5) is 23.9. The van der Waals surface area contributed by atoms with Gasteiger partial charge in [0.1, 0.15) is 11.4 Å². The van der Waals surface area contributed by atoms with Crippen LogP contribution in [0.25, 0.3) is 10.2 Å². The predicted octanol–water partition coefficient (Wildman–Crippen LogP) is 3.76. The Balaban J connectivity index is 1.77. The second-order valence-corrected chi connectivity index (χ2v) is 7.12. The molecule has 0 N–H and O–H groups in total. The molecular formula is C20H19N5O2S. The van der Waals surface area contributed by atoms with Crippen molar-refractivity contribution < 1.29 is 9.53 Å². The highest BCUT2D eigenvalue weighted by molar-refractivity contribution is 7.22. The molecule has 1 aromatic carbocycles. The van der Waals surface area contributed by atoms with Gasteiger partial charge in [0.15, 0.2) is 5.13 Å². The zero-order valence-corrected chi connectivity index (χ0v) is 16.4. The first-order chi connectivity index (χ1) is 13.7. The number of aromatic nitrogens is 4. The van der Waals surface area contributed by atoms with Crippen LogP contribution in [0.15, 0.2) is 55.0 Å². The Morgan fingerprint density at radius 2 is 2.14 bits per heavy atom. The van der Waals surface area contributed by atoms with Crippen LogP contribution in [0.1, 0.15) is 23.0 Å². The number of aryl methyl sites for hydroxylation is 1. The van der Waals surface area contributed by atoms with E-state index in [9.17, 15) is 4.79 Å². The first kappa shape index (κ1) is 18.1. The molecule has 0 radical (unpaired) electrons. The molecule has 0 saturated heterocycles. The third-order valence-electron chi connectivity index (χ3n) is 4.36. The fraction of sp³-hybridized carbons (Fsp3) is 0.200. The molecule has 0 unspecified atom stereocenters. The molecule has 0 aliphatic carbocycles. The van der Waals surface area contributed by atoms with Crippen LogP contribution in [0, 0.1) is 0 Å². The number of rotatable bonds is 6. The topological polar surface area (TPSA) is 73.1 Å². The lowest BCUT2D eigenvalue weighted by Crippen LogP contribution is -2.32. The molecule has 4 aromatic rings. The summed E-state index contributed by atoms with van der Waals surface area (Å²) < 4.78 is 7.95. The molecule has 3 heterocycles. The van der Waals surface area contributed by atoms with Crippen LogP contribution in [-0.4, -0.2) is 32.8 Å². The molecule has 142 valence electrons. The first-order valence-electron chi connectivity index (χ1n) is 8.86. The Morgan fingerprint density at radius 3 is 2.89 bits per heavy atom. The number of methoxy groups -OCH3 is 1. The molecule has 0 bridgehead atoms. The Morgan fingerprint density at radius 1 is 1.25 bits per heavy atom. The van der Waals surface area contributed by atoms with Crippen LogP contribution < -0.4 is 9.64 Å². The van der Waals surface area contributed by atoms with E-state index in [1.807, 2.05) is 37.3 Å². The Kier molecular flexibility index (Phi) is 5.03. The number of ether oxygens (including phenoxy) is 1. The number of anilines is 1. The fourth-order valence-electron chi connectivity index (χ4n) is 2.94. The van der Waals surface area contributed by atoms with E-state index < -0.39 is 0 Å². The second-order valence-electron chi connectivity index (χ2n) is 6.11. The molecule has 0 aliphatic heterocycles. The van der Waals surface area contributed by atoms with Gasteiger partial charge < -0.3 is 4.74 Å². The van der Waals surface area contributed by atoms with Crippen molar-refractivity contribution in [2.24, 2.45) is 0 Å². The number of fused-ring (bicyclic) bond motifs is 1. The molecule has 0 fully saturated rings. The second kappa shape index (κ2) is 7.77. The van der Waals surface area contributed by atoms with Crippen molar-refractivity contribution in [1.29, 1.82) is 0 Å². The van der Waals surface area contributed by atoms with E-state index in [1.54, 1.807) is 41.3 Å². The van der Waals surface area contributed by atoms with Gasteiger partial charge in [-0.05, 0) is 42.8 Å². The minimum atomic E-state index is -0.144. The molecule has 0 saturated carbocycles. The van der Waals surface area contributed by atoms with Gasteiger partial charge >= 0.3 is 0 Å². The smallest absolute Gasteiger partial charge is 0.278 e. The summed E-state index contributed by atoms with van der Waals surface area (Å²) in [6.45, 7) is 2.95. The van der Waals surface area contributed by atoms with Crippen LogP contribution in [0.2, 0.25) is 0 Å². The van der Waals surface area contributed by atoms with E-state index in [-0.39, 0.29) is 5.91 Å². The predicted molar refractivity (Wildman–Crippen MR) is 109 cm³/mol. The molecule has 0 aliphatic rings. The van der Waals surface area contributed by atoms with E-state index in [1.165, 1.54) is 11.3 Å². The monoisotopic (exact) mass is 393 g/mol. The number of pyridine rings is 1. The number of carbonyl (C=O) groups excluding carboxylic acids is 1. The molecule has 4 rings (SSSR count). The highest BCUT2D eigenvalue weighted by atomic mass is 32.1. The van der Waals surface area contributed by atoms with Gasteiger partial charge in [-0.2, -0.15) is 5.10 Å². The lowest BCUT2D eigenvalue weighted by atomic mass is 10.2. The average molecular weight is 393 g/mol. The summed E-state index contributed by atoms with van der Waals surface area (Å²) in [6, 6.07) is 11.2. The minimum Gasteiger partial charge on any atom is -0.497 e. The number of hydrogen-bond acceptors (Lipinski definition) is 6. The maximum Gasteiger partial charge on any atom is 0.278 e. The van der Waals surface area contributed by atoms with Gasteiger partial charge in [0.05, 0.1) is 23.9 Å². The zero-order valence-electron chi connectivity index (χ0n) is 15.6. The maximum absolute atomic E-state index is 13.4. The molecule has 1 amide bonds. The van der Waals surface area contributed by atoms with Crippen molar-refractivity contribution in [2.45, 2.75) is 20.0 Å². The summed E-state index contributed by atoms with van der Waals surface area (Å²) in [5.41, 5.74) is 2.28. The number of benzene rings is 1. The zero-order chi connectivity index (χ0) is 19.5. The number of hydrogen-bond donors (Lipinski definition) is 0. The summed E-state index contributed by atoms with van der Waals surface area (Å²) in [5.74, 6) is 0.617. The molecule has 0 spiro atoms. The molecule has 8 heteroatoms. The van der Waals surface area contributed by atoms with E-state index in [4.69, 9.17) is 4.74 Å². The van der Waals surface area contributed by atoms with E-state index in [0.717, 1.165) is 21.5 Å². The van der Waals surface area contributed by atoms with Crippen LogP contribution in [0.3, 0.4) is 0 Å². The van der Waals surface area contributed by atoms with Gasteiger partial charge in [-0.3, -0.25) is 19.4 Å². The highest BCUT2D eigenvalue weighted by Crippen LogP contribution is 2.33. The molecular weight excluding hydrogens is 374 g/mol. The molecule has 28 heavy (non-hydrogen) atoms. The van der Waals surface area contributed by atoms with Crippen molar-refractivity contribution in [3.63, 3.8) is 0 Å². The quantitative estimate of drug-likeness (QED) is 0.499. The number of thiazole rings is 1. The average Bonchev–Trinajstić information content (AvgIpc) is 3.38. The number of carbonyl (C=O) groups is 1. The normalized spacial score (nSPS) is 10.9. The third-order valence-corrected chi connectivity index (χ3v) is 5.40. The SMILES string of the molecule is CCn1nccc1C(=O)N(Cc1cccnc1)c1nc2ccc(OC)cc2s1. The summed E-state index contributed by atoms with van der Waals surface area (Å²) in [5, 5.41) is 4.85. The van der Waals surface area contributed by atoms with Gasteiger partial charge in [0.2, 0.25) is 0 Å². The Labute approximate surface area is 166 Å². The lowest BCUT2D eigenvalue weighted by molar-refractivity contribution is 0.0975. The van der Waals surface area contributed by atoms with Gasteiger partial charge in [-0.25, -0.2) is 4.98 Å². The van der Waals surface area contributed by atoms with Crippen LogP contribution in [-0.2, 0) is 13.1 Å². The Bertz CT molecular complexity index is 1110. The van der Waals surface area contributed by atoms with Crippen LogP contribution in [0.4, 0.5) is 5.13 Å². The van der Waals surface area contributed by atoms with Crippen molar-refractivity contribution in [1.82, 2.24) is 19.7 Å². The summed E-state index contributed by atoms with van der Waals surface area (Å²) in [7, 11) is 1.63. The standard InChI is InChI=1S/C20H19N5O2S/c1-3-25-17(8-10-22-25)19(26)24(13-14-5-4-9-21-12-14)20-23-16-7-6-15(27-2)11-18(16)28-20/h4-12H,3,13H2,1-2H3. The number of amides is 1. The highest BCUT2D eigenvalue weighted by Gasteiger charge is 2.24. The van der Waals surface area contributed by atoms with Crippen LogP contribution >= 0.6 is 11.3 Å². The van der Waals surface area contributed by atoms with Gasteiger partial charge in [0, 0.05) is 25.1 Å². The minimum absolute atomic E-state index is 0.144. The van der Waals surface area contributed by atoms with Crippen molar-refractivity contribution in [3.8, 4) is 5.75 Å². The number of nitrogens with zero attached hydrogens (tertiary/aromatic N) is 5. The first-order valence-corrected chi connectivity index (χ1v) is 9.68. The molecule has 7 nitrogen and oxygen atoms in total. The third kappa shape index (κ3) is 3.46. The van der Waals surface area contributed by atoms with Crippen LogP contribution in [0.5, 0.6) is 5.75 Å². The molecule has 0 atom stereocenters. The molecule has 3 aromatic heterocycles. The van der Waals surface area contributed by atoms with Crippen molar-refractivity contribution >= 4 is 32.6 Å². The van der Waals surface area contributed by atoms with Gasteiger partial charge in [0.25, 0.3) is 5.91 Å². The van der Waals surface area contributed by atoms with Gasteiger partial charge in [-0.1, -0.05) is 17.4 Å².